The Kier molecular flexibility index (Phi) is 5.78. The second-order valence-electron chi connectivity index (χ2n) is 5.07. The highest BCUT2D eigenvalue weighted by atomic mass is 32.2. The standard InChI is InChI=1S/C18H18N2O3S2/c1-3-23-12-7-9-13(10-8-12)24-11-16(21)19-18-20-17-14(22-2)5-4-6-15(17)25-18/h4-10H,3,11H2,1-2H3,(H,19,20,21). The summed E-state index contributed by atoms with van der Waals surface area (Å²) >= 11 is 2.91. The molecule has 2 aromatic carbocycles. The molecule has 0 fully saturated rings. The van der Waals surface area contributed by atoms with E-state index in [4.69, 9.17) is 9.47 Å². The van der Waals surface area contributed by atoms with E-state index in [0.29, 0.717) is 23.2 Å². The van der Waals surface area contributed by atoms with Crippen molar-refractivity contribution in [3.63, 3.8) is 0 Å². The number of thioether (sulfide) groups is 1. The molecule has 3 aromatic rings. The van der Waals surface area contributed by atoms with Crippen LogP contribution in [-0.4, -0.2) is 30.4 Å². The van der Waals surface area contributed by atoms with Crippen LogP contribution in [-0.2, 0) is 4.79 Å². The van der Waals surface area contributed by atoms with E-state index < -0.39 is 0 Å². The van der Waals surface area contributed by atoms with Crippen LogP contribution in [0.5, 0.6) is 11.5 Å². The van der Waals surface area contributed by atoms with Crippen LogP contribution in [0.1, 0.15) is 6.92 Å². The van der Waals surface area contributed by atoms with Gasteiger partial charge in [-0.2, -0.15) is 0 Å². The lowest BCUT2D eigenvalue weighted by Gasteiger charge is -2.05. The molecule has 25 heavy (non-hydrogen) atoms. The van der Waals surface area contributed by atoms with E-state index in [9.17, 15) is 4.79 Å². The van der Waals surface area contributed by atoms with Crippen molar-refractivity contribution in [3.05, 3.63) is 42.5 Å². The zero-order chi connectivity index (χ0) is 17.6. The summed E-state index contributed by atoms with van der Waals surface area (Å²) in [6.45, 7) is 2.59. The fraction of sp³-hybridized carbons (Fsp3) is 0.222. The van der Waals surface area contributed by atoms with E-state index in [2.05, 4.69) is 10.3 Å². The first-order valence-corrected chi connectivity index (χ1v) is 9.59. The van der Waals surface area contributed by atoms with Crippen molar-refractivity contribution >= 4 is 44.4 Å². The molecule has 7 heteroatoms. The number of amides is 1. The van der Waals surface area contributed by atoms with Gasteiger partial charge in [0, 0.05) is 4.90 Å². The third kappa shape index (κ3) is 4.43. The first-order valence-electron chi connectivity index (χ1n) is 7.78. The van der Waals surface area contributed by atoms with Crippen molar-refractivity contribution in [1.29, 1.82) is 0 Å². The molecular weight excluding hydrogens is 356 g/mol. The number of hydrogen-bond acceptors (Lipinski definition) is 6. The van der Waals surface area contributed by atoms with Crippen LogP contribution in [0.3, 0.4) is 0 Å². The molecule has 0 unspecified atom stereocenters. The lowest BCUT2D eigenvalue weighted by molar-refractivity contribution is -0.113. The summed E-state index contributed by atoms with van der Waals surface area (Å²) < 4.78 is 11.7. The fourth-order valence-electron chi connectivity index (χ4n) is 2.24. The van der Waals surface area contributed by atoms with E-state index in [1.807, 2.05) is 49.4 Å². The normalized spacial score (nSPS) is 10.6. The molecule has 3 rings (SSSR count). The minimum atomic E-state index is -0.0862. The van der Waals surface area contributed by atoms with Crippen LogP contribution in [0.2, 0.25) is 0 Å². The number of hydrogen-bond donors (Lipinski definition) is 1. The highest BCUT2D eigenvalue weighted by Gasteiger charge is 2.11. The Hall–Kier alpha value is -2.25. The minimum absolute atomic E-state index is 0.0862. The molecule has 0 bridgehead atoms. The Bertz CT molecular complexity index is 862. The quantitative estimate of drug-likeness (QED) is 0.620. The summed E-state index contributed by atoms with van der Waals surface area (Å²) in [4.78, 5) is 17.6. The number of nitrogens with zero attached hydrogens (tertiary/aromatic N) is 1. The number of carbonyl (C=O) groups excluding carboxylic acids is 1. The predicted molar refractivity (Wildman–Crippen MR) is 103 cm³/mol. The maximum Gasteiger partial charge on any atom is 0.236 e. The maximum absolute atomic E-state index is 12.2. The summed E-state index contributed by atoms with van der Waals surface area (Å²) in [5.41, 5.74) is 0.768. The van der Waals surface area contributed by atoms with Crippen LogP contribution >= 0.6 is 23.1 Å². The highest BCUT2D eigenvalue weighted by Crippen LogP contribution is 2.32. The number of nitrogens with one attached hydrogen (secondary N) is 1. The summed E-state index contributed by atoms with van der Waals surface area (Å²) in [7, 11) is 1.61. The number of fused-ring (bicyclic) bond motifs is 1. The Morgan fingerprint density at radius 1 is 1.24 bits per heavy atom. The highest BCUT2D eigenvalue weighted by molar-refractivity contribution is 8.00. The van der Waals surface area contributed by atoms with E-state index >= 15 is 0 Å². The van der Waals surface area contributed by atoms with Gasteiger partial charge in [-0.1, -0.05) is 17.4 Å². The second-order valence-corrected chi connectivity index (χ2v) is 7.15. The first kappa shape index (κ1) is 17.6. The molecule has 0 aliphatic rings. The molecule has 0 spiro atoms. The predicted octanol–water partition coefficient (Wildman–Crippen LogP) is 4.43. The van der Waals surface area contributed by atoms with Crippen molar-refractivity contribution in [2.24, 2.45) is 0 Å². The first-order chi connectivity index (χ1) is 12.2. The molecule has 5 nitrogen and oxygen atoms in total. The number of rotatable bonds is 7. The van der Waals surface area contributed by atoms with Gasteiger partial charge in [0.1, 0.15) is 17.0 Å². The Balaban J connectivity index is 1.59. The molecule has 0 saturated heterocycles. The topological polar surface area (TPSA) is 60.5 Å². The van der Waals surface area contributed by atoms with Crippen LogP contribution < -0.4 is 14.8 Å². The van der Waals surface area contributed by atoms with E-state index in [1.165, 1.54) is 23.1 Å². The summed E-state index contributed by atoms with van der Waals surface area (Å²) in [5.74, 6) is 1.77. The third-order valence-corrected chi connectivity index (χ3v) is 5.30. The average Bonchev–Trinajstić information content (AvgIpc) is 3.03. The lowest BCUT2D eigenvalue weighted by atomic mass is 10.3. The Morgan fingerprint density at radius 3 is 2.76 bits per heavy atom. The summed E-state index contributed by atoms with van der Waals surface area (Å²) in [6.07, 6.45) is 0. The third-order valence-electron chi connectivity index (χ3n) is 3.35. The van der Waals surface area contributed by atoms with Crippen LogP contribution in [0.25, 0.3) is 10.2 Å². The maximum atomic E-state index is 12.2. The number of methoxy groups -OCH3 is 1. The van der Waals surface area contributed by atoms with Gasteiger partial charge in [0.15, 0.2) is 5.13 Å². The van der Waals surface area contributed by atoms with Crippen LogP contribution in [0, 0.1) is 0 Å². The number of para-hydroxylation sites is 1. The van der Waals surface area contributed by atoms with Gasteiger partial charge in [-0.05, 0) is 43.3 Å². The van der Waals surface area contributed by atoms with Gasteiger partial charge in [-0.25, -0.2) is 4.98 Å². The Morgan fingerprint density at radius 2 is 2.04 bits per heavy atom. The summed E-state index contributed by atoms with van der Waals surface area (Å²) in [6, 6.07) is 13.4. The molecule has 0 aliphatic heterocycles. The van der Waals surface area contributed by atoms with Crippen molar-refractivity contribution in [2.75, 3.05) is 24.8 Å². The average molecular weight is 374 g/mol. The van der Waals surface area contributed by atoms with Gasteiger partial charge in [0.25, 0.3) is 0 Å². The molecule has 1 heterocycles. The molecule has 0 saturated carbocycles. The number of thiazole rings is 1. The number of ether oxygens (including phenoxy) is 2. The number of aromatic nitrogens is 1. The molecule has 0 aliphatic carbocycles. The molecule has 1 amide bonds. The van der Waals surface area contributed by atoms with E-state index in [0.717, 1.165) is 20.9 Å². The number of carbonyl (C=O) groups is 1. The molecule has 1 aromatic heterocycles. The van der Waals surface area contributed by atoms with Gasteiger partial charge < -0.3 is 14.8 Å². The SMILES string of the molecule is CCOc1ccc(SCC(=O)Nc2nc3c(OC)cccc3s2)cc1. The van der Waals surface area contributed by atoms with Gasteiger partial charge in [0.05, 0.1) is 24.2 Å². The van der Waals surface area contributed by atoms with Gasteiger partial charge in [-0.15, -0.1) is 11.8 Å². The molecule has 0 atom stereocenters. The molecule has 0 radical (unpaired) electrons. The fourth-order valence-corrected chi connectivity index (χ4v) is 3.84. The van der Waals surface area contributed by atoms with Crippen LogP contribution in [0.15, 0.2) is 47.4 Å². The zero-order valence-electron chi connectivity index (χ0n) is 13.9. The minimum Gasteiger partial charge on any atom is -0.494 e. The van der Waals surface area contributed by atoms with Crippen molar-refractivity contribution in [1.82, 2.24) is 4.98 Å². The van der Waals surface area contributed by atoms with Crippen molar-refractivity contribution in [3.8, 4) is 11.5 Å². The zero-order valence-corrected chi connectivity index (χ0v) is 15.6. The second kappa shape index (κ2) is 8.22. The molecular formula is C18H18N2O3S2. The Labute approximate surface area is 154 Å². The smallest absolute Gasteiger partial charge is 0.236 e. The van der Waals surface area contributed by atoms with Crippen LogP contribution in [0.4, 0.5) is 5.13 Å². The monoisotopic (exact) mass is 374 g/mol. The van der Waals surface area contributed by atoms with Crippen molar-refractivity contribution in [2.45, 2.75) is 11.8 Å². The van der Waals surface area contributed by atoms with E-state index in [1.54, 1.807) is 7.11 Å². The van der Waals surface area contributed by atoms with Crippen molar-refractivity contribution < 1.29 is 14.3 Å². The van der Waals surface area contributed by atoms with E-state index in [-0.39, 0.29) is 5.91 Å². The van der Waals surface area contributed by atoms with Gasteiger partial charge in [0.2, 0.25) is 5.91 Å². The lowest BCUT2D eigenvalue weighted by Crippen LogP contribution is -2.13. The summed E-state index contributed by atoms with van der Waals surface area (Å²) in [5, 5.41) is 3.43. The largest absolute Gasteiger partial charge is 0.494 e. The molecule has 130 valence electrons. The number of anilines is 1. The van der Waals surface area contributed by atoms with Gasteiger partial charge >= 0.3 is 0 Å². The molecule has 1 N–H and O–H groups in total. The van der Waals surface area contributed by atoms with Gasteiger partial charge in [-0.3, -0.25) is 4.79 Å². The number of benzene rings is 2.